The SMILES string of the molecule is COc1ccc(CN2CCC(c3n[nH]c(C)n3)C2)cc1. The van der Waals surface area contributed by atoms with Gasteiger partial charge in [-0.3, -0.25) is 10.00 Å². The zero-order valence-corrected chi connectivity index (χ0v) is 12.0. The largest absolute Gasteiger partial charge is 0.497 e. The van der Waals surface area contributed by atoms with E-state index in [4.69, 9.17) is 4.74 Å². The van der Waals surface area contributed by atoms with E-state index < -0.39 is 0 Å². The summed E-state index contributed by atoms with van der Waals surface area (Å²) >= 11 is 0. The molecule has 1 unspecified atom stereocenters. The van der Waals surface area contributed by atoms with Gasteiger partial charge in [-0.15, -0.1) is 0 Å². The Labute approximate surface area is 119 Å². The van der Waals surface area contributed by atoms with E-state index in [2.05, 4.69) is 32.2 Å². The van der Waals surface area contributed by atoms with Gasteiger partial charge >= 0.3 is 0 Å². The topological polar surface area (TPSA) is 54.0 Å². The lowest BCUT2D eigenvalue weighted by Crippen LogP contribution is -2.19. The lowest BCUT2D eigenvalue weighted by Gasteiger charge is -2.15. The molecule has 1 aromatic heterocycles. The number of rotatable bonds is 4. The smallest absolute Gasteiger partial charge is 0.155 e. The third kappa shape index (κ3) is 2.82. The van der Waals surface area contributed by atoms with Crippen LogP contribution < -0.4 is 4.74 Å². The maximum absolute atomic E-state index is 5.18. The maximum atomic E-state index is 5.18. The fraction of sp³-hybridized carbons (Fsp3) is 0.467. The molecule has 1 saturated heterocycles. The molecule has 0 aliphatic carbocycles. The van der Waals surface area contributed by atoms with Gasteiger partial charge in [-0.2, -0.15) is 5.10 Å². The number of aromatic amines is 1. The molecule has 0 radical (unpaired) electrons. The molecule has 1 N–H and O–H groups in total. The van der Waals surface area contributed by atoms with E-state index in [-0.39, 0.29) is 0 Å². The number of aromatic nitrogens is 3. The second kappa shape index (κ2) is 5.63. The minimum absolute atomic E-state index is 0.457. The average Bonchev–Trinajstić information content (AvgIpc) is 3.09. The molecule has 0 amide bonds. The van der Waals surface area contributed by atoms with Crippen molar-refractivity contribution in [1.29, 1.82) is 0 Å². The zero-order valence-electron chi connectivity index (χ0n) is 12.0. The molecule has 106 valence electrons. The first-order chi connectivity index (χ1) is 9.74. The molecule has 20 heavy (non-hydrogen) atoms. The van der Waals surface area contributed by atoms with Crippen LogP contribution in [0.25, 0.3) is 0 Å². The Kier molecular flexibility index (Phi) is 3.69. The number of hydrogen-bond donors (Lipinski definition) is 1. The fourth-order valence-corrected chi connectivity index (χ4v) is 2.72. The summed E-state index contributed by atoms with van der Waals surface area (Å²) in [7, 11) is 1.69. The lowest BCUT2D eigenvalue weighted by atomic mass is 10.1. The standard InChI is InChI=1S/C15H20N4O/c1-11-16-15(18-17-11)13-7-8-19(10-13)9-12-3-5-14(20-2)6-4-12/h3-6,13H,7-10H2,1-2H3,(H,16,17,18). The van der Waals surface area contributed by atoms with E-state index in [1.165, 1.54) is 5.56 Å². The molecule has 0 saturated carbocycles. The van der Waals surface area contributed by atoms with Gasteiger partial charge in [-0.25, -0.2) is 4.98 Å². The highest BCUT2D eigenvalue weighted by molar-refractivity contribution is 5.27. The quantitative estimate of drug-likeness (QED) is 0.926. The first kappa shape index (κ1) is 13.1. The Morgan fingerprint density at radius 2 is 2.15 bits per heavy atom. The summed E-state index contributed by atoms with van der Waals surface area (Å²) in [5.74, 6) is 3.22. The van der Waals surface area contributed by atoms with E-state index in [9.17, 15) is 0 Å². The monoisotopic (exact) mass is 272 g/mol. The minimum Gasteiger partial charge on any atom is -0.497 e. The molecule has 0 spiro atoms. The summed E-state index contributed by atoms with van der Waals surface area (Å²) in [5, 5.41) is 7.21. The number of ether oxygens (including phenoxy) is 1. The predicted octanol–water partition coefficient (Wildman–Crippen LogP) is 2.11. The fourth-order valence-electron chi connectivity index (χ4n) is 2.72. The molecule has 1 aliphatic rings. The second-order valence-electron chi connectivity index (χ2n) is 5.35. The summed E-state index contributed by atoms with van der Waals surface area (Å²) in [6, 6.07) is 8.29. The van der Waals surface area contributed by atoms with Gasteiger partial charge in [0, 0.05) is 19.0 Å². The van der Waals surface area contributed by atoms with E-state index >= 15 is 0 Å². The Morgan fingerprint density at radius 3 is 2.80 bits per heavy atom. The van der Waals surface area contributed by atoms with Gasteiger partial charge in [-0.1, -0.05) is 12.1 Å². The van der Waals surface area contributed by atoms with Crippen LogP contribution in [0.5, 0.6) is 5.75 Å². The number of benzene rings is 1. The first-order valence-electron chi connectivity index (χ1n) is 6.99. The van der Waals surface area contributed by atoms with Gasteiger partial charge < -0.3 is 4.74 Å². The Bertz CT molecular complexity index is 564. The summed E-state index contributed by atoms with van der Waals surface area (Å²) in [5.41, 5.74) is 1.32. The van der Waals surface area contributed by atoms with Gasteiger partial charge in [0.25, 0.3) is 0 Å². The highest BCUT2D eigenvalue weighted by atomic mass is 16.5. The number of hydrogen-bond acceptors (Lipinski definition) is 4. The average molecular weight is 272 g/mol. The highest BCUT2D eigenvalue weighted by Gasteiger charge is 2.26. The second-order valence-corrected chi connectivity index (χ2v) is 5.35. The van der Waals surface area contributed by atoms with Crippen LogP contribution in [0.4, 0.5) is 0 Å². The minimum atomic E-state index is 0.457. The molecule has 5 nitrogen and oxygen atoms in total. The van der Waals surface area contributed by atoms with Crippen LogP contribution in [0.15, 0.2) is 24.3 Å². The Hall–Kier alpha value is -1.88. The summed E-state index contributed by atoms with van der Waals surface area (Å²) in [6.07, 6.45) is 1.13. The predicted molar refractivity (Wildman–Crippen MR) is 76.7 cm³/mol. The molecule has 1 atom stereocenters. The van der Waals surface area contributed by atoms with Crippen LogP contribution in [0.1, 0.15) is 29.6 Å². The summed E-state index contributed by atoms with van der Waals surface area (Å²) < 4.78 is 5.18. The van der Waals surface area contributed by atoms with Crippen molar-refractivity contribution in [3.05, 3.63) is 41.5 Å². The third-order valence-corrected chi connectivity index (χ3v) is 3.82. The molecule has 5 heteroatoms. The lowest BCUT2D eigenvalue weighted by molar-refractivity contribution is 0.325. The molecule has 1 aliphatic heterocycles. The van der Waals surface area contributed by atoms with Crippen molar-refractivity contribution in [3.63, 3.8) is 0 Å². The third-order valence-electron chi connectivity index (χ3n) is 3.82. The molecule has 1 aromatic carbocycles. The molecule has 2 aromatic rings. The summed E-state index contributed by atoms with van der Waals surface area (Å²) in [4.78, 5) is 6.90. The number of methoxy groups -OCH3 is 1. The van der Waals surface area contributed by atoms with Crippen LogP contribution in [0.2, 0.25) is 0 Å². The van der Waals surface area contributed by atoms with E-state index in [0.717, 1.165) is 43.5 Å². The van der Waals surface area contributed by atoms with Gasteiger partial charge in [0.05, 0.1) is 7.11 Å². The maximum Gasteiger partial charge on any atom is 0.155 e. The van der Waals surface area contributed by atoms with Crippen LogP contribution in [0.3, 0.4) is 0 Å². The number of nitrogens with zero attached hydrogens (tertiary/aromatic N) is 3. The van der Waals surface area contributed by atoms with Crippen LogP contribution in [-0.4, -0.2) is 40.3 Å². The zero-order chi connectivity index (χ0) is 13.9. The first-order valence-corrected chi connectivity index (χ1v) is 6.99. The van der Waals surface area contributed by atoms with E-state index in [0.29, 0.717) is 5.92 Å². The summed E-state index contributed by atoms with van der Waals surface area (Å²) in [6.45, 7) is 5.05. The van der Waals surface area contributed by atoms with Crippen molar-refractivity contribution in [1.82, 2.24) is 20.1 Å². The Balaban J connectivity index is 1.59. The number of H-pyrrole nitrogens is 1. The molecular formula is C15H20N4O. The van der Waals surface area contributed by atoms with E-state index in [1.807, 2.05) is 19.1 Å². The Morgan fingerprint density at radius 1 is 1.35 bits per heavy atom. The molecular weight excluding hydrogens is 252 g/mol. The van der Waals surface area contributed by atoms with Gasteiger partial charge in [-0.05, 0) is 37.6 Å². The van der Waals surface area contributed by atoms with Crippen LogP contribution in [-0.2, 0) is 6.54 Å². The molecule has 1 fully saturated rings. The van der Waals surface area contributed by atoms with Crippen molar-refractivity contribution in [2.45, 2.75) is 25.8 Å². The van der Waals surface area contributed by atoms with Crippen molar-refractivity contribution in [2.75, 3.05) is 20.2 Å². The number of nitrogens with one attached hydrogen (secondary N) is 1. The van der Waals surface area contributed by atoms with Crippen molar-refractivity contribution in [2.24, 2.45) is 0 Å². The number of aryl methyl sites for hydroxylation is 1. The normalized spacial score (nSPS) is 19.4. The van der Waals surface area contributed by atoms with Gasteiger partial charge in [0.15, 0.2) is 5.82 Å². The van der Waals surface area contributed by atoms with Gasteiger partial charge in [0.2, 0.25) is 0 Å². The van der Waals surface area contributed by atoms with Crippen molar-refractivity contribution in [3.8, 4) is 5.75 Å². The van der Waals surface area contributed by atoms with Gasteiger partial charge in [0.1, 0.15) is 11.6 Å². The molecule has 3 rings (SSSR count). The molecule has 0 bridgehead atoms. The highest BCUT2D eigenvalue weighted by Crippen LogP contribution is 2.26. The van der Waals surface area contributed by atoms with E-state index in [1.54, 1.807) is 7.11 Å². The molecule has 2 heterocycles. The van der Waals surface area contributed by atoms with Crippen LogP contribution in [0, 0.1) is 6.92 Å². The number of likely N-dealkylation sites (tertiary alicyclic amines) is 1. The van der Waals surface area contributed by atoms with Crippen molar-refractivity contribution < 1.29 is 4.74 Å². The van der Waals surface area contributed by atoms with Crippen LogP contribution >= 0.6 is 0 Å². The van der Waals surface area contributed by atoms with Crippen molar-refractivity contribution >= 4 is 0 Å².